The molecule has 0 aliphatic carbocycles. The Labute approximate surface area is 179 Å². The van der Waals surface area contributed by atoms with E-state index < -0.39 is 0 Å². The van der Waals surface area contributed by atoms with Crippen molar-refractivity contribution in [2.24, 2.45) is 0 Å². The van der Waals surface area contributed by atoms with Crippen LogP contribution in [0.1, 0.15) is 22.4 Å². The van der Waals surface area contributed by atoms with Crippen molar-refractivity contribution in [3.05, 3.63) is 94.0 Å². The molecule has 0 spiro atoms. The monoisotopic (exact) mass is 421 g/mol. The number of aryl methyl sites for hydroxylation is 2. The Morgan fingerprint density at radius 2 is 1.87 bits per heavy atom. The van der Waals surface area contributed by atoms with Crippen molar-refractivity contribution in [2.45, 2.75) is 26.8 Å². The second-order valence-corrected chi connectivity index (χ2v) is 7.82. The zero-order valence-corrected chi connectivity index (χ0v) is 17.5. The van der Waals surface area contributed by atoms with E-state index in [1.54, 1.807) is 31.2 Å². The highest BCUT2D eigenvalue weighted by Crippen LogP contribution is 2.27. The van der Waals surface area contributed by atoms with Gasteiger partial charge < -0.3 is 9.72 Å². The van der Waals surface area contributed by atoms with Gasteiger partial charge in [0.2, 0.25) is 5.91 Å². The fraction of sp³-hybridized carbons (Fsp3) is 0.167. The molecule has 0 unspecified atom stereocenters. The quantitative estimate of drug-likeness (QED) is 0.477. The summed E-state index contributed by atoms with van der Waals surface area (Å²) in [7, 11) is 0. The van der Waals surface area contributed by atoms with Gasteiger partial charge in [0.1, 0.15) is 11.5 Å². The fourth-order valence-corrected chi connectivity index (χ4v) is 3.54. The summed E-state index contributed by atoms with van der Waals surface area (Å²) in [4.78, 5) is 17.5. The maximum Gasteiger partial charge on any atom is 0.226 e. The lowest BCUT2D eigenvalue weighted by molar-refractivity contribution is -0.120. The molecule has 4 nitrogen and oxygen atoms in total. The van der Waals surface area contributed by atoms with E-state index in [1.165, 1.54) is 6.07 Å². The Hall–Kier alpha value is -3.18. The molecule has 2 heterocycles. The number of imidazole rings is 1. The maximum absolute atomic E-state index is 13.8. The average Bonchev–Trinajstić information content (AvgIpc) is 3.07. The van der Waals surface area contributed by atoms with Crippen molar-refractivity contribution in [3.63, 3.8) is 0 Å². The number of nitrogens with one attached hydrogen (secondary N) is 1. The zero-order chi connectivity index (χ0) is 21.3. The van der Waals surface area contributed by atoms with E-state index in [-0.39, 0.29) is 18.1 Å². The molecule has 152 valence electrons. The lowest BCUT2D eigenvalue weighted by atomic mass is 10.1. The first-order valence-corrected chi connectivity index (χ1v) is 10.0. The van der Waals surface area contributed by atoms with Crippen molar-refractivity contribution in [1.29, 1.82) is 0 Å². The molecule has 0 radical (unpaired) electrons. The second-order valence-electron chi connectivity index (χ2n) is 7.39. The summed E-state index contributed by atoms with van der Waals surface area (Å²) in [6.45, 7) is 4.12. The molecule has 6 heteroatoms. The normalized spacial score (nSPS) is 11.1. The first-order chi connectivity index (χ1) is 14.4. The molecular weight excluding hydrogens is 401 g/mol. The third kappa shape index (κ3) is 4.21. The van der Waals surface area contributed by atoms with E-state index in [9.17, 15) is 9.18 Å². The van der Waals surface area contributed by atoms with Crippen LogP contribution in [0.5, 0.6) is 0 Å². The molecule has 0 atom stereocenters. The lowest BCUT2D eigenvalue weighted by Crippen LogP contribution is -2.25. The van der Waals surface area contributed by atoms with E-state index in [0.29, 0.717) is 22.8 Å². The third-order valence-electron chi connectivity index (χ3n) is 5.03. The molecule has 0 saturated heterocycles. The number of amides is 1. The molecule has 2 aromatic carbocycles. The van der Waals surface area contributed by atoms with Gasteiger partial charge in [0.15, 0.2) is 0 Å². The van der Waals surface area contributed by atoms with E-state index in [0.717, 1.165) is 28.0 Å². The number of hydrogen-bond acceptors (Lipinski definition) is 2. The number of carbonyl (C=O) groups is 1. The molecule has 0 aliphatic rings. The van der Waals surface area contributed by atoms with Crippen LogP contribution < -0.4 is 5.32 Å². The van der Waals surface area contributed by atoms with E-state index in [1.807, 2.05) is 41.8 Å². The number of pyridine rings is 1. The Balaban J connectivity index is 1.65. The summed E-state index contributed by atoms with van der Waals surface area (Å²) in [5.41, 5.74) is 5.56. The highest BCUT2D eigenvalue weighted by atomic mass is 35.5. The van der Waals surface area contributed by atoms with Gasteiger partial charge >= 0.3 is 0 Å². The van der Waals surface area contributed by atoms with Gasteiger partial charge in [0, 0.05) is 23.3 Å². The van der Waals surface area contributed by atoms with Gasteiger partial charge in [-0.05, 0) is 66.9 Å². The molecule has 4 aromatic rings. The number of benzene rings is 2. The Kier molecular flexibility index (Phi) is 5.55. The minimum absolute atomic E-state index is 0.117. The zero-order valence-electron chi connectivity index (χ0n) is 16.7. The largest absolute Gasteiger partial charge is 0.352 e. The van der Waals surface area contributed by atoms with Crippen molar-refractivity contribution >= 4 is 23.2 Å². The summed E-state index contributed by atoms with van der Waals surface area (Å²) in [5, 5.41) is 3.61. The molecule has 0 fully saturated rings. The van der Waals surface area contributed by atoms with E-state index in [2.05, 4.69) is 5.32 Å². The molecule has 2 aromatic heterocycles. The molecule has 0 bridgehead atoms. The Morgan fingerprint density at radius 1 is 1.10 bits per heavy atom. The molecule has 0 aliphatic heterocycles. The minimum atomic E-state index is -0.263. The maximum atomic E-state index is 13.8. The first-order valence-electron chi connectivity index (χ1n) is 9.66. The van der Waals surface area contributed by atoms with Gasteiger partial charge in [-0.3, -0.25) is 4.79 Å². The van der Waals surface area contributed by atoms with Crippen LogP contribution in [0.3, 0.4) is 0 Å². The van der Waals surface area contributed by atoms with Crippen LogP contribution in [0.15, 0.2) is 60.8 Å². The summed E-state index contributed by atoms with van der Waals surface area (Å²) >= 11 is 5.91. The van der Waals surface area contributed by atoms with Crippen molar-refractivity contribution in [3.8, 4) is 11.3 Å². The second kappa shape index (κ2) is 8.28. The van der Waals surface area contributed by atoms with Crippen LogP contribution in [-0.4, -0.2) is 15.3 Å². The van der Waals surface area contributed by atoms with Crippen LogP contribution in [0, 0.1) is 19.7 Å². The summed E-state index contributed by atoms with van der Waals surface area (Å²) in [6.07, 6.45) is 2.12. The van der Waals surface area contributed by atoms with Gasteiger partial charge in [0.05, 0.1) is 17.8 Å². The number of hydrogen-bond donors (Lipinski definition) is 1. The predicted octanol–water partition coefficient (Wildman–Crippen LogP) is 5.27. The molecule has 4 rings (SSSR count). The number of aromatic nitrogens is 2. The third-order valence-corrected chi connectivity index (χ3v) is 5.28. The van der Waals surface area contributed by atoms with Gasteiger partial charge in [-0.2, -0.15) is 0 Å². The summed E-state index contributed by atoms with van der Waals surface area (Å²) in [6, 6.07) is 16.2. The van der Waals surface area contributed by atoms with Crippen molar-refractivity contribution in [2.75, 3.05) is 0 Å². The van der Waals surface area contributed by atoms with E-state index >= 15 is 0 Å². The molecule has 1 N–H and O–H groups in total. The number of fused-ring (bicyclic) bond motifs is 1. The Morgan fingerprint density at radius 3 is 2.60 bits per heavy atom. The number of halogens is 2. The smallest absolute Gasteiger partial charge is 0.226 e. The fourth-order valence-electron chi connectivity index (χ4n) is 3.41. The highest BCUT2D eigenvalue weighted by molar-refractivity contribution is 6.30. The lowest BCUT2D eigenvalue weighted by Gasteiger charge is -2.09. The van der Waals surface area contributed by atoms with Crippen LogP contribution in [-0.2, 0) is 17.8 Å². The van der Waals surface area contributed by atoms with E-state index in [4.69, 9.17) is 16.6 Å². The standard InChI is InChI=1S/C24H21ClFN3O/c1-15-3-10-22-28-24(18-6-9-20(26)16(2)11-18)21(29(22)14-15)12-23(30)27-13-17-4-7-19(25)8-5-17/h3-11,14H,12-13H2,1-2H3,(H,27,30). The first kappa shape index (κ1) is 20.1. The van der Waals surface area contributed by atoms with Crippen LogP contribution in [0.2, 0.25) is 5.02 Å². The van der Waals surface area contributed by atoms with Crippen LogP contribution in [0.4, 0.5) is 4.39 Å². The number of carbonyl (C=O) groups excluding carboxylic acids is 1. The Bertz CT molecular complexity index is 1230. The number of rotatable bonds is 5. The number of nitrogens with zero attached hydrogens (tertiary/aromatic N) is 2. The van der Waals surface area contributed by atoms with Crippen LogP contribution >= 0.6 is 11.6 Å². The van der Waals surface area contributed by atoms with Gasteiger partial charge in [-0.15, -0.1) is 0 Å². The average molecular weight is 422 g/mol. The SMILES string of the molecule is Cc1ccc2nc(-c3ccc(F)c(C)c3)c(CC(=O)NCc3ccc(Cl)cc3)n2c1. The summed E-state index contributed by atoms with van der Waals surface area (Å²) in [5.74, 6) is -0.381. The summed E-state index contributed by atoms with van der Waals surface area (Å²) < 4.78 is 15.7. The van der Waals surface area contributed by atoms with Gasteiger partial charge in [-0.1, -0.05) is 29.8 Å². The van der Waals surface area contributed by atoms with Gasteiger partial charge in [0.25, 0.3) is 0 Å². The van der Waals surface area contributed by atoms with Crippen molar-refractivity contribution in [1.82, 2.24) is 14.7 Å². The topological polar surface area (TPSA) is 46.4 Å². The predicted molar refractivity (Wildman–Crippen MR) is 117 cm³/mol. The van der Waals surface area contributed by atoms with Crippen LogP contribution in [0.25, 0.3) is 16.9 Å². The molecular formula is C24H21ClFN3O. The van der Waals surface area contributed by atoms with Crippen molar-refractivity contribution < 1.29 is 9.18 Å². The van der Waals surface area contributed by atoms with Gasteiger partial charge in [-0.25, -0.2) is 9.37 Å². The molecule has 30 heavy (non-hydrogen) atoms. The molecule has 0 saturated carbocycles. The highest BCUT2D eigenvalue weighted by Gasteiger charge is 2.18. The molecule has 1 amide bonds. The minimum Gasteiger partial charge on any atom is -0.352 e.